The Morgan fingerprint density at radius 1 is 1.33 bits per heavy atom. The van der Waals surface area contributed by atoms with E-state index in [0.29, 0.717) is 5.41 Å². The topological polar surface area (TPSA) is 17.8 Å². The van der Waals surface area contributed by atoms with Crippen molar-refractivity contribution in [3.63, 3.8) is 0 Å². The number of benzene rings is 1. The van der Waals surface area contributed by atoms with Crippen molar-refractivity contribution in [2.75, 3.05) is 5.33 Å². The molecule has 2 nitrogen and oxygen atoms in total. The summed E-state index contributed by atoms with van der Waals surface area (Å²) in [6, 6.07) is 8.72. The highest BCUT2D eigenvalue weighted by Crippen LogP contribution is 2.58. The molecule has 2 bridgehead atoms. The van der Waals surface area contributed by atoms with Crippen LogP contribution >= 0.6 is 15.9 Å². The fourth-order valence-electron chi connectivity index (χ4n) is 4.89. The van der Waals surface area contributed by atoms with Gasteiger partial charge in [0.25, 0.3) is 0 Å². The van der Waals surface area contributed by atoms with Gasteiger partial charge >= 0.3 is 0 Å². The normalized spacial score (nSPS) is 31.3. The van der Waals surface area contributed by atoms with E-state index in [0.717, 1.165) is 30.1 Å². The third-order valence-electron chi connectivity index (χ3n) is 5.92. The molecule has 0 spiro atoms. The second kappa shape index (κ2) is 5.12. The van der Waals surface area contributed by atoms with Crippen LogP contribution in [0.1, 0.15) is 38.3 Å². The lowest BCUT2D eigenvalue weighted by molar-refractivity contribution is 0.195. The number of alkyl halides is 1. The summed E-state index contributed by atoms with van der Waals surface area (Å²) >= 11 is 3.85. The maximum Gasteiger partial charge on any atom is 0.0709 e. The summed E-state index contributed by atoms with van der Waals surface area (Å²) < 4.78 is 2.17. The smallest absolute Gasteiger partial charge is 0.0709 e. The zero-order valence-electron chi connectivity index (χ0n) is 12.7. The second-order valence-electron chi connectivity index (χ2n) is 7.03. The molecule has 112 valence electrons. The Morgan fingerprint density at radius 2 is 2.19 bits per heavy atom. The molecule has 0 saturated heterocycles. The average molecular weight is 347 g/mol. The summed E-state index contributed by atoms with van der Waals surface area (Å²) in [5.74, 6) is 1.89. The van der Waals surface area contributed by atoms with E-state index in [9.17, 15) is 0 Å². The third kappa shape index (κ3) is 2.08. The van der Waals surface area contributed by atoms with Crippen molar-refractivity contribution in [2.24, 2.45) is 17.3 Å². The monoisotopic (exact) mass is 346 g/mol. The molecule has 3 atom stereocenters. The molecule has 2 fully saturated rings. The van der Waals surface area contributed by atoms with Crippen LogP contribution in [0, 0.1) is 17.3 Å². The minimum atomic E-state index is 0.457. The van der Waals surface area contributed by atoms with Gasteiger partial charge in [-0.25, -0.2) is 0 Å². The van der Waals surface area contributed by atoms with Gasteiger partial charge in [-0.3, -0.25) is 4.68 Å². The zero-order chi connectivity index (χ0) is 14.4. The van der Waals surface area contributed by atoms with Crippen molar-refractivity contribution >= 4 is 26.8 Å². The van der Waals surface area contributed by atoms with Crippen LogP contribution in [0.5, 0.6) is 0 Å². The molecule has 1 aromatic heterocycles. The van der Waals surface area contributed by atoms with Gasteiger partial charge in [-0.1, -0.05) is 40.5 Å². The molecule has 2 aromatic rings. The third-order valence-corrected chi connectivity index (χ3v) is 7.04. The summed E-state index contributed by atoms with van der Waals surface area (Å²) in [6.45, 7) is 3.13. The molecule has 3 unspecified atom stereocenters. The lowest BCUT2D eigenvalue weighted by atomic mass is 9.71. The van der Waals surface area contributed by atoms with Gasteiger partial charge in [0.1, 0.15) is 0 Å². The Hall–Kier alpha value is -0.830. The summed E-state index contributed by atoms with van der Waals surface area (Å²) in [5.41, 5.74) is 3.07. The predicted molar refractivity (Wildman–Crippen MR) is 90.8 cm³/mol. The van der Waals surface area contributed by atoms with E-state index < -0.39 is 0 Å². The highest BCUT2D eigenvalue weighted by molar-refractivity contribution is 9.09. The summed E-state index contributed by atoms with van der Waals surface area (Å²) in [6.07, 6.45) is 6.90. The van der Waals surface area contributed by atoms with E-state index in [1.54, 1.807) is 0 Å². The second-order valence-corrected chi connectivity index (χ2v) is 7.59. The molecule has 1 aromatic carbocycles. The number of hydrogen-bond donors (Lipinski definition) is 0. The fraction of sp³-hybridized carbons (Fsp3) is 0.611. The number of fused-ring (bicyclic) bond motifs is 3. The van der Waals surface area contributed by atoms with E-state index >= 15 is 0 Å². The first-order chi connectivity index (χ1) is 10.3. The van der Waals surface area contributed by atoms with Crippen molar-refractivity contribution in [1.82, 2.24) is 9.78 Å². The molecule has 1 heterocycles. The van der Waals surface area contributed by atoms with E-state index in [1.807, 2.05) is 0 Å². The van der Waals surface area contributed by atoms with Crippen LogP contribution in [0.4, 0.5) is 0 Å². The van der Waals surface area contributed by atoms with Crippen LogP contribution in [0.25, 0.3) is 10.9 Å². The molecule has 3 heteroatoms. The lowest BCUT2D eigenvalue weighted by Crippen LogP contribution is -2.32. The quantitative estimate of drug-likeness (QED) is 0.727. The van der Waals surface area contributed by atoms with E-state index in [1.165, 1.54) is 42.3 Å². The van der Waals surface area contributed by atoms with Gasteiger partial charge in [0.2, 0.25) is 0 Å². The minimum Gasteiger partial charge on any atom is -0.265 e. The zero-order valence-corrected chi connectivity index (χ0v) is 14.3. The number of rotatable bonds is 4. The van der Waals surface area contributed by atoms with Gasteiger partial charge in [0.15, 0.2) is 0 Å². The summed E-state index contributed by atoms with van der Waals surface area (Å²) in [7, 11) is 0. The first-order valence-corrected chi connectivity index (χ1v) is 9.38. The van der Waals surface area contributed by atoms with Crippen LogP contribution in [-0.2, 0) is 13.0 Å². The van der Waals surface area contributed by atoms with Crippen molar-refractivity contribution < 1.29 is 0 Å². The van der Waals surface area contributed by atoms with Gasteiger partial charge in [0, 0.05) is 17.3 Å². The first-order valence-electron chi connectivity index (χ1n) is 8.26. The summed E-state index contributed by atoms with van der Waals surface area (Å²) in [5, 5.41) is 7.44. The number of para-hydroxylation sites is 1. The molecule has 0 amide bonds. The Morgan fingerprint density at radius 3 is 2.86 bits per heavy atom. The van der Waals surface area contributed by atoms with Crippen molar-refractivity contribution in [1.29, 1.82) is 0 Å². The molecule has 21 heavy (non-hydrogen) atoms. The van der Waals surface area contributed by atoms with Crippen molar-refractivity contribution in [3.05, 3.63) is 30.0 Å². The van der Waals surface area contributed by atoms with Gasteiger partial charge < -0.3 is 0 Å². The standard InChI is InChI=1S/C18H23BrN2/c1-2-21-17-6-4-3-5-15(17)16(20-21)11-18(12-19)10-13-7-8-14(18)9-13/h3-6,13-14H,2,7-12H2,1H3. The lowest BCUT2D eigenvalue weighted by Gasteiger charge is -2.36. The number of nitrogens with zero attached hydrogens (tertiary/aromatic N) is 2. The largest absolute Gasteiger partial charge is 0.265 e. The Bertz CT molecular complexity index is 662. The maximum atomic E-state index is 4.94. The number of aromatic nitrogens is 2. The molecule has 0 N–H and O–H groups in total. The first kappa shape index (κ1) is 13.8. The molecular formula is C18H23BrN2. The summed E-state index contributed by atoms with van der Waals surface area (Å²) in [4.78, 5) is 0. The molecule has 0 radical (unpaired) electrons. The van der Waals surface area contributed by atoms with E-state index in [2.05, 4.69) is 51.8 Å². The highest BCUT2D eigenvalue weighted by atomic mass is 79.9. The van der Waals surface area contributed by atoms with Gasteiger partial charge in [-0.15, -0.1) is 0 Å². The Kier molecular flexibility index (Phi) is 3.36. The molecule has 0 aliphatic heterocycles. The van der Waals surface area contributed by atoms with Crippen molar-refractivity contribution in [2.45, 2.75) is 45.6 Å². The highest BCUT2D eigenvalue weighted by Gasteiger charge is 2.50. The molecule has 4 rings (SSSR count). The van der Waals surface area contributed by atoms with Crippen LogP contribution in [0.2, 0.25) is 0 Å². The molecule has 2 saturated carbocycles. The Balaban J connectivity index is 1.74. The van der Waals surface area contributed by atoms with Crippen LogP contribution < -0.4 is 0 Å². The fourth-order valence-corrected chi connectivity index (χ4v) is 5.77. The maximum absolute atomic E-state index is 4.94. The Labute approximate surface area is 135 Å². The molecular weight excluding hydrogens is 324 g/mol. The van der Waals surface area contributed by atoms with Crippen molar-refractivity contribution in [3.8, 4) is 0 Å². The number of aryl methyl sites for hydroxylation is 1. The van der Waals surface area contributed by atoms with Gasteiger partial charge in [-0.2, -0.15) is 5.10 Å². The SMILES string of the molecule is CCn1nc(CC2(CBr)CC3CCC2C3)c2ccccc21. The minimum absolute atomic E-state index is 0.457. The predicted octanol–water partition coefficient (Wildman–Crippen LogP) is 4.80. The van der Waals surface area contributed by atoms with E-state index in [-0.39, 0.29) is 0 Å². The molecule has 2 aliphatic carbocycles. The van der Waals surface area contributed by atoms with Crippen LogP contribution in [-0.4, -0.2) is 15.1 Å². The average Bonchev–Trinajstić information content (AvgIpc) is 3.21. The van der Waals surface area contributed by atoms with Crippen LogP contribution in [0.15, 0.2) is 24.3 Å². The van der Waals surface area contributed by atoms with Crippen LogP contribution in [0.3, 0.4) is 0 Å². The number of halogens is 1. The molecule has 2 aliphatic rings. The van der Waals surface area contributed by atoms with Gasteiger partial charge in [-0.05, 0) is 55.9 Å². The van der Waals surface area contributed by atoms with E-state index in [4.69, 9.17) is 5.10 Å². The number of hydrogen-bond acceptors (Lipinski definition) is 1. The van der Waals surface area contributed by atoms with Gasteiger partial charge in [0.05, 0.1) is 11.2 Å².